The van der Waals surface area contributed by atoms with E-state index in [1.807, 2.05) is 77.7 Å². The van der Waals surface area contributed by atoms with E-state index < -0.39 is 0 Å². The van der Waals surface area contributed by atoms with E-state index >= 15 is 0 Å². The summed E-state index contributed by atoms with van der Waals surface area (Å²) in [4.78, 5) is 50.7. The number of imide groups is 1. The van der Waals surface area contributed by atoms with Gasteiger partial charge < -0.3 is 15.1 Å². The van der Waals surface area contributed by atoms with Gasteiger partial charge in [0.1, 0.15) is 0 Å². The molecule has 9 nitrogen and oxygen atoms in total. The molecule has 3 aliphatic heterocycles. The second kappa shape index (κ2) is 11.5. The Morgan fingerprint density at radius 2 is 1.30 bits per heavy atom. The van der Waals surface area contributed by atoms with Crippen molar-refractivity contribution in [3.05, 3.63) is 78.4 Å². The molecule has 40 heavy (non-hydrogen) atoms. The Kier molecular flexibility index (Phi) is 7.46. The largest absolute Gasteiger partial charge is 0.336 e. The van der Waals surface area contributed by atoms with E-state index in [9.17, 15) is 14.4 Å². The molecule has 4 heterocycles. The summed E-state index contributed by atoms with van der Waals surface area (Å²) in [7, 11) is 0. The van der Waals surface area contributed by atoms with Crippen molar-refractivity contribution in [2.45, 2.75) is 18.9 Å². The summed E-state index contributed by atoms with van der Waals surface area (Å²) < 4.78 is 0. The lowest BCUT2D eigenvalue weighted by molar-refractivity contribution is 0.0468. The molecular formula is C31H34N6O3. The molecule has 2 aromatic carbocycles. The molecule has 9 heteroatoms. The summed E-state index contributed by atoms with van der Waals surface area (Å²) in [5, 5.41) is 2.69. The third kappa shape index (κ3) is 5.42. The summed E-state index contributed by atoms with van der Waals surface area (Å²) in [6.45, 7) is 5.19. The minimum atomic E-state index is -0.297. The Labute approximate surface area is 234 Å². The highest BCUT2D eigenvalue weighted by Crippen LogP contribution is 2.26. The molecule has 0 spiro atoms. The van der Waals surface area contributed by atoms with Gasteiger partial charge in [0.2, 0.25) is 0 Å². The number of piperidine rings is 1. The molecule has 6 rings (SSSR count). The van der Waals surface area contributed by atoms with Crippen LogP contribution in [0.5, 0.6) is 0 Å². The first-order chi connectivity index (χ1) is 19.6. The molecule has 5 amide bonds. The van der Waals surface area contributed by atoms with Crippen LogP contribution in [-0.2, 0) is 0 Å². The van der Waals surface area contributed by atoms with Crippen molar-refractivity contribution in [1.29, 1.82) is 0 Å². The fourth-order valence-electron chi connectivity index (χ4n) is 5.89. The van der Waals surface area contributed by atoms with Gasteiger partial charge in [0.15, 0.2) is 0 Å². The number of pyridine rings is 1. The van der Waals surface area contributed by atoms with Crippen LogP contribution < -0.4 is 5.32 Å². The maximum atomic E-state index is 13.7. The molecule has 0 bridgehead atoms. The lowest BCUT2D eigenvalue weighted by Crippen LogP contribution is -2.56. The average Bonchev–Trinajstić information content (AvgIpc) is 3.46. The molecule has 0 aliphatic carbocycles. The molecule has 3 aromatic rings. The monoisotopic (exact) mass is 538 g/mol. The number of hydrogen-bond donors (Lipinski definition) is 1. The fourth-order valence-corrected chi connectivity index (χ4v) is 5.89. The van der Waals surface area contributed by atoms with Crippen LogP contribution in [0.25, 0.3) is 22.5 Å². The Morgan fingerprint density at radius 1 is 0.725 bits per heavy atom. The van der Waals surface area contributed by atoms with Gasteiger partial charge in [-0.2, -0.15) is 0 Å². The van der Waals surface area contributed by atoms with E-state index in [-0.39, 0.29) is 18.0 Å². The zero-order valence-electron chi connectivity index (χ0n) is 22.5. The van der Waals surface area contributed by atoms with E-state index in [1.54, 1.807) is 4.90 Å². The normalized spacial score (nSPS) is 18.6. The van der Waals surface area contributed by atoms with Crippen molar-refractivity contribution >= 4 is 18.0 Å². The Hall–Kier alpha value is -4.24. The highest BCUT2D eigenvalue weighted by molar-refractivity contribution is 5.96. The SMILES string of the molecule is O=C(c1cc(-c2ccccc2)nc(-c2ccccc2)c1)N1CCN(C2CCN(C(=O)N3CCNC3=O)CC2)CC1. The van der Waals surface area contributed by atoms with Crippen molar-refractivity contribution in [1.82, 2.24) is 29.9 Å². The summed E-state index contributed by atoms with van der Waals surface area (Å²) >= 11 is 0. The predicted molar refractivity (Wildman–Crippen MR) is 153 cm³/mol. The van der Waals surface area contributed by atoms with Crippen LogP contribution in [0.2, 0.25) is 0 Å². The number of amides is 5. The van der Waals surface area contributed by atoms with Gasteiger partial charge in [0.05, 0.1) is 11.4 Å². The smallest absolute Gasteiger partial charge is 0.328 e. The minimum absolute atomic E-state index is 0.0284. The van der Waals surface area contributed by atoms with Gasteiger partial charge in [0.25, 0.3) is 5.91 Å². The first-order valence-electron chi connectivity index (χ1n) is 14.1. The minimum Gasteiger partial charge on any atom is -0.336 e. The van der Waals surface area contributed by atoms with Crippen LogP contribution in [0.4, 0.5) is 9.59 Å². The van der Waals surface area contributed by atoms with E-state index in [0.717, 1.165) is 48.4 Å². The number of nitrogens with zero attached hydrogens (tertiary/aromatic N) is 5. The Morgan fingerprint density at radius 3 is 1.82 bits per heavy atom. The van der Waals surface area contributed by atoms with Crippen LogP contribution in [0, 0.1) is 0 Å². The number of carbonyl (C=O) groups is 3. The van der Waals surface area contributed by atoms with Gasteiger partial charge in [-0.25, -0.2) is 19.5 Å². The van der Waals surface area contributed by atoms with E-state index in [2.05, 4.69) is 10.2 Å². The number of hydrogen-bond acceptors (Lipinski definition) is 5. The number of aromatic nitrogens is 1. The number of likely N-dealkylation sites (tertiary alicyclic amines) is 1. The molecule has 3 fully saturated rings. The van der Waals surface area contributed by atoms with Crippen molar-refractivity contribution in [3.63, 3.8) is 0 Å². The van der Waals surface area contributed by atoms with E-state index in [4.69, 9.17) is 4.98 Å². The van der Waals surface area contributed by atoms with Crippen molar-refractivity contribution < 1.29 is 14.4 Å². The first-order valence-corrected chi connectivity index (χ1v) is 14.1. The summed E-state index contributed by atoms with van der Waals surface area (Å²) in [6, 6.07) is 23.7. The lowest BCUT2D eigenvalue weighted by Gasteiger charge is -2.43. The first kappa shape index (κ1) is 26.0. The van der Waals surface area contributed by atoms with Gasteiger partial charge in [-0.15, -0.1) is 0 Å². The third-order valence-electron chi connectivity index (χ3n) is 8.15. The maximum absolute atomic E-state index is 13.7. The Balaban J connectivity index is 1.10. The topological polar surface area (TPSA) is 89.1 Å². The number of nitrogens with one attached hydrogen (secondary N) is 1. The number of carbonyl (C=O) groups excluding carboxylic acids is 3. The zero-order chi connectivity index (χ0) is 27.5. The summed E-state index contributed by atoms with van der Waals surface area (Å²) in [5.41, 5.74) is 4.19. The molecule has 0 atom stereocenters. The molecule has 0 radical (unpaired) electrons. The number of benzene rings is 2. The second-order valence-electron chi connectivity index (χ2n) is 10.6. The number of rotatable bonds is 4. The number of urea groups is 2. The lowest BCUT2D eigenvalue weighted by atomic mass is 10.0. The molecule has 0 unspecified atom stereocenters. The zero-order valence-corrected chi connectivity index (χ0v) is 22.5. The Bertz CT molecular complexity index is 1310. The molecule has 1 aromatic heterocycles. The van der Waals surface area contributed by atoms with Gasteiger partial charge in [-0.3, -0.25) is 9.69 Å². The standard InChI is InChI=1S/C31H34N6O3/c38-29(25-21-27(23-7-3-1-4-8-23)33-28(22-25)24-9-5-2-6-10-24)35-19-17-34(18-20-35)26-11-14-36(15-12-26)31(40)37-16-13-32-30(37)39/h1-10,21-22,26H,11-20H2,(H,32,39). The molecule has 206 valence electrons. The van der Waals surface area contributed by atoms with Crippen LogP contribution in [0.1, 0.15) is 23.2 Å². The predicted octanol–water partition coefficient (Wildman–Crippen LogP) is 3.78. The third-order valence-corrected chi connectivity index (χ3v) is 8.15. The fraction of sp³-hybridized carbons (Fsp3) is 0.355. The second-order valence-corrected chi connectivity index (χ2v) is 10.6. The molecule has 3 aliphatic rings. The van der Waals surface area contributed by atoms with Gasteiger partial charge in [0, 0.05) is 75.1 Å². The summed E-state index contributed by atoms with van der Waals surface area (Å²) in [5.74, 6) is 0.0284. The molecule has 3 saturated heterocycles. The average molecular weight is 539 g/mol. The molecule has 0 saturated carbocycles. The van der Waals surface area contributed by atoms with E-state index in [1.165, 1.54) is 4.90 Å². The highest BCUT2D eigenvalue weighted by Gasteiger charge is 2.34. The van der Waals surface area contributed by atoms with Crippen LogP contribution in [0.3, 0.4) is 0 Å². The maximum Gasteiger partial charge on any atom is 0.328 e. The molecule has 1 N–H and O–H groups in total. The van der Waals surface area contributed by atoms with Crippen molar-refractivity contribution in [2.24, 2.45) is 0 Å². The molecular weight excluding hydrogens is 504 g/mol. The van der Waals surface area contributed by atoms with Crippen LogP contribution in [0.15, 0.2) is 72.8 Å². The van der Waals surface area contributed by atoms with Crippen molar-refractivity contribution in [3.8, 4) is 22.5 Å². The highest BCUT2D eigenvalue weighted by atomic mass is 16.2. The number of piperazine rings is 1. The van der Waals surface area contributed by atoms with Gasteiger partial charge >= 0.3 is 12.1 Å². The van der Waals surface area contributed by atoms with E-state index in [0.29, 0.717) is 50.9 Å². The quantitative estimate of drug-likeness (QED) is 0.546. The van der Waals surface area contributed by atoms with Crippen LogP contribution in [-0.4, -0.2) is 101 Å². The van der Waals surface area contributed by atoms with Gasteiger partial charge in [-0.05, 0) is 25.0 Å². The summed E-state index contributed by atoms with van der Waals surface area (Å²) in [6.07, 6.45) is 1.75. The van der Waals surface area contributed by atoms with Crippen LogP contribution >= 0.6 is 0 Å². The van der Waals surface area contributed by atoms with Gasteiger partial charge in [-0.1, -0.05) is 60.7 Å². The van der Waals surface area contributed by atoms with Crippen molar-refractivity contribution in [2.75, 3.05) is 52.4 Å².